The van der Waals surface area contributed by atoms with Crippen molar-refractivity contribution in [2.24, 2.45) is 4.99 Å². The van der Waals surface area contributed by atoms with Crippen LogP contribution >= 0.6 is 0 Å². The molecule has 0 aliphatic carbocycles. The highest BCUT2D eigenvalue weighted by Gasteiger charge is 2.35. The summed E-state index contributed by atoms with van der Waals surface area (Å²) in [5.74, 6) is 1.52. The van der Waals surface area contributed by atoms with E-state index in [2.05, 4.69) is 4.99 Å². The maximum absolute atomic E-state index is 11.9. The van der Waals surface area contributed by atoms with Gasteiger partial charge in [-0.05, 0) is 48.9 Å². The number of Topliss-reactive ketones (excluding diaryl/α,β-unsaturated/α-hetero) is 1. The Morgan fingerprint density at radius 1 is 1.00 bits per heavy atom. The Kier molecular flexibility index (Phi) is 3.40. The highest BCUT2D eigenvalue weighted by molar-refractivity contribution is 5.95. The van der Waals surface area contributed by atoms with Crippen LogP contribution in [0.2, 0.25) is 0 Å². The van der Waals surface area contributed by atoms with Crippen molar-refractivity contribution in [3.63, 3.8) is 0 Å². The number of carbonyl (C=O) groups excluding carboxylic acids is 1. The Morgan fingerprint density at radius 3 is 2.24 bits per heavy atom. The van der Waals surface area contributed by atoms with Crippen LogP contribution in [-0.4, -0.2) is 12.0 Å². The average molecular weight is 277 g/mol. The lowest BCUT2D eigenvalue weighted by atomic mass is 9.87. The van der Waals surface area contributed by atoms with Gasteiger partial charge >= 0.3 is 0 Å². The van der Waals surface area contributed by atoms with Gasteiger partial charge in [-0.3, -0.25) is 9.79 Å². The van der Waals surface area contributed by atoms with Crippen molar-refractivity contribution >= 4 is 12.0 Å². The SMILES string of the molecule is CC(=O)C1(c2ccc(Oc3ccccc3)cc2)C=CC=N1. The van der Waals surface area contributed by atoms with E-state index < -0.39 is 5.54 Å². The molecule has 0 spiro atoms. The summed E-state index contributed by atoms with van der Waals surface area (Å²) in [4.78, 5) is 16.3. The summed E-state index contributed by atoms with van der Waals surface area (Å²) in [5.41, 5.74) is -0.0222. The summed E-state index contributed by atoms with van der Waals surface area (Å²) in [5, 5.41) is 0. The molecule has 0 N–H and O–H groups in total. The molecule has 0 radical (unpaired) electrons. The van der Waals surface area contributed by atoms with Crippen molar-refractivity contribution in [2.75, 3.05) is 0 Å². The molecular weight excluding hydrogens is 262 g/mol. The smallest absolute Gasteiger partial charge is 0.165 e. The number of hydrogen-bond acceptors (Lipinski definition) is 3. The molecule has 0 saturated heterocycles. The van der Waals surface area contributed by atoms with E-state index in [0.29, 0.717) is 0 Å². The lowest BCUT2D eigenvalue weighted by Crippen LogP contribution is -2.28. The molecule has 2 aromatic rings. The first-order valence-corrected chi connectivity index (χ1v) is 6.78. The first-order valence-electron chi connectivity index (χ1n) is 6.78. The Balaban J connectivity index is 1.86. The van der Waals surface area contributed by atoms with Crippen molar-refractivity contribution in [3.8, 4) is 11.5 Å². The minimum atomic E-state index is -0.870. The van der Waals surface area contributed by atoms with E-state index in [1.807, 2.05) is 60.7 Å². The first-order chi connectivity index (χ1) is 10.2. The van der Waals surface area contributed by atoms with Gasteiger partial charge in [0.15, 0.2) is 11.3 Å². The van der Waals surface area contributed by atoms with Gasteiger partial charge in [-0.2, -0.15) is 0 Å². The summed E-state index contributed by atoms with van der Waals surface area (Å²) in [7, 11) is 0. The number of nitrogens with zero attached hydrogens (tertiary/aromatic N) is 1. The number of ketones is 1. The summed E-state index contributed by atoms with van der Waals surface area (Å²) in [6.45, 7) is 1.56. The topological polar surface area (TPSA) is 38.7 Å². The fourth-order valence-electron chi connectivity index (χ4n) is 2.37. The number of ether oxygens (including phenoxy) is 1. The Hall–Kier alpha value is -2.68. The Morgan fingerprint density at radius 2 is 1.67 bits per heavy atom. The van der Waals surface area contributed by atoms with Crippen LogP contribution in [-0.2, 0) is 10.3 Å². The van der Waals surface area contributed by atoms with Gasteiger partial charge in [0.05, 0.1) is 0 Å². The predicted molar refractivity (Wildman–Crippen MR) is 82.9 cm³/mol. The summed E-state index contributed by atoms with van der Waals surface area (Å²) in [6.07, 6.45) is 5.29. The van der Waals surface area contributed by atoms with Crippen LogP contribution in [0.15, 0.2) is 71.7 Å². The number of aliphatic imine (C=N–C) groups is 1. The Bertz CT molecular complexity index is 688. The van der Waals surface area contributed by atoms with Gasteiger partial charge in [-0.15, -0.1) is 0 Å². The third-order valence-electron chi connectivity index (χ3n) is 3.51. The van der Waals surface area contributed by atoms with Crippen LogP contribution in [0.25, 0.3) is 0 Å². The fourth-order valence-corrected chi connectivity index (χ4v) is 2.37. The predicted octanol–water partition coefficient (Wildman–Crippen LogP) is 3.90. The third-order valence-corrected chi connectivity index (χ3v) is 3.51. The van der Waals surface area contributed by atoms with Gasteiger partial charge < -0.3 is 4.74 Å². The second kappa shape index (κ2) is 5.37. The molecule has 1 aliphatic heterocycles. The molecular formula is C18H15NO2. The summed E-state index contributed by atoms with van der Waals surface area (Å²) < 4.78 is 5.75. The maximum atomic E-state index is 11.9. The lowest BCUT2D eigenvalue weighted by molar-refractivity contribution is -0.120. The molecule has 1 unspecified atom stereocenters. The molecule has 0 aromatic heterocycles. The van der Waals surface area contributed by atoms with Crippen molar-refractivity contribution in [1.29, 1.82) is 0 Å². The molecule has 1 atom stereocenters. The molecule has 3 rings (SSSR count). The number of para-hydroxylation sites is 1. The van der Waals surface area contributed by atoms with Crippen molar-refractivity contribution in [3.05, 3.63) is 72.3 Å². The number of benzene rings is 2. The van der Waals surface area contributed by atoms with E-state index in [4.69, 9.17) is 4.74 Å². The van der Waals surface area contributed by atoms with Gasteiger partial charge in [-0.1, -0.05) is 30.3 Å². The van der Waals surface area contributed by atoms with E-state index in [1.54, 1.807) is 19.2 Å². The quantitative estimate of drug-likeness (QED) is 0.850. The molecule has 0 amide bonds. The lowest BCUT2D eigenvalue weighted by Gasteiger charge is -2.21. The molecule has 1 aliphatic rings. The fraction of sp³-hybridized carbons (Fsp3) is 0.111. The molecule has 0 saturated carbocycles. The number of allylic oxidation sites excluding steroid dienone is 1. The third kappa shape index (κ3) is 2.50. The van der Waals surface area contributed by atoms with Crippen LogP contribution < -0.4 is 4.74 Å². The zero-order chi connectivity index (χ0) is 14.7. The number of carbonyl (C=O) groups is 1. The molecule has 3 nitrogen and oxygen atoms in total. The van der Waals surface area contributed by atoms with Gasteiger partial charge in [0, 0.05) is 6.21 Å². The van der Waals surface area contributed by atoms with Crippen LogP contribution in [0.3, 0.4) is 0 Å². The molecule has 104 valence electrons. The summed E-state index contributed by atoms with van der Waals surface area (Å²) >= 11 is 0. The normalized spacial score (nSPS) is 19.7. The number of rotatable bonds is 4. The van der Waals surface area contributed by atoms with Gasteiger partial charge in [-0.25, -0.2) is 0 Å². The molecule has 3 heteroatoms. The van der Waals surface area contributed by atoms with Crippen LogP contribution in [0, 0.1) is 0 Å². The zero-order valence-electron chi connectivity index (χ0n) is 11.7. The number of hydrogen-bond donors (Lipinski definition) is 0. The van der Waals surface area contributed by atoms with E-state index >= 15 is 0 Å². The monoisotopic (exact) mass is 277 g/mol. The Labute approximate surface area is 123 Å². The minimum absolute atomic E-state index is 0.00391. The van der Waals surface area contributed by atoms with E-state index in [0.717, 1.165) is 17.1 Å². The van der Waals surface area contributed by atoms with E-state index in [1.165, 1.54) is 0 Å². The maximum Gasteiger partial charge on any atom is 0.165 e. The van der Waals surface area contributed by atoms with Crippen molar-refractivity contribution in [2.45, 2.75) is 12.5 Å². The zero-order valence-corrected chi connectivity index (χ0v) is 11.7. The van der Waals surface area contributed by atoms with Gasteiger partial charge in [0.2, 0.25) is 0 Å². The molecule has 2 aromatic carbocycles. The highest BCUT2D eigenvalue weighted by atomic mass is 16.5. The largest absolute Gasteiger partial charge is 0.457 e. The summed E-state index contributed by atoms with van der Waals surface area (Å²) in [6, 6.07) is 17.1. The molecule has 21 heavy (non-hydrogen) atoms. The molecule has 0 bridgehead atoms. The minimum Gasteiger partial charge on any atom is -0.457 e. The second-order valence-corrected chi connectivity index (χ2v) is 4.90. The average Bonchev–Trinajstić information content (AvgIpc) is 3.00. The standard InChI is InChI=1S/C18H15NO2/c1-14(20)18(12-5-13-19-18)15-8-10-17(11-9-15)21-16-6-3-2-4-7-16/h2-13H,1H3. The first kappa shape index (κ1) is 13.3. The molecule has 0 fully saturated rings. The second-order valence-electron chi connectivity index (χ2n) is 4.90. The van der Waals surface area contributed by atoms with E-state index in [9.17, 15) is 4.79 Å². The van der Waals surface area contributed by atoms with Crippen LogP contribution in [0.5, 0.6) is 11.5 Å². The highest BCUT2D eigenvalue weighted by Crippen LogP contribution is 2.33. The van der Waals surface area contributed by atoms with Crippen molar-refractivity contribution < 1.29 is 9.53 Å². The van der Waals surface area contributed by atoms with Crippen LogP contribution in [0.4, 0.5) is 0 Å². The van der Waals surface area contributed by atoms with Gasteiger partial charge in [0.25, 0.3) is 0 Å². The van der Waals surface area contributed by atoms with Crippen molar-refractivity contribution in [1.82, 2.24) is 0 Å². The molecule has 1 heterocycles. The van der Waals surface area contributed by atoms with Gasteiger partial charge in [0.1, 0.15) is 11.5 Å². The van der Waals surface area contributed by atoms with Crippen LogP contribution in [0.1, 0.15) is 12.5 Å². The van der Waals surface area contributed by atoms with E-state index in [-0.39, 0.29) is 5.78 Å².